The van der Waals surface area contributed by atoms with Gasteiger partial charge in [0.05, 0.1) is 5.34 Å². The molecule has 0 aliphatic rings. The third-order valence-corrected chi connectivity index (χ3v) is 0. The standard InChI is InChI=1S/C2H6O.CH2Cl2.H3N.H2O/c1-2-3;2-1-3;;/h3H,2H2,1H3;1H2;1H3;1H2. The first kappa shape index (κ1) is 23.7. The highest BCUT2D eigenvalue weighted by Crippen LogP contribution is 1.73. The van der Waals surface area contributed by atoms with Gasteiger partial charge < -0.3 is 16.7 Å². The highest BCUT2D eigenvalue weighted by Gasteiger charge is 1.41. The molecule has 0 rings (SSSR count). The highest BCUT2D eigenvalue weighted by molar-refractivity contribution is 6.40. The Morgan fingerprint density at radius 1 is 1.38 bits per heavy atom. The predicted octanol–water partition coefficient (Wildman–Crippen LogP) is 1.62. The van der Waals surface area contributed by atoms with Crippen molar-refractivity contribution in [2.24, 2.45) is 0 Å². The summed E-state index contributed by atoms with van der Waals surface area (Å²) in [5, 5.41) is 7.76. The Hall–Kier alpha value is 0.460. The molecule has 0 saturated carbocycles. The zero-order valence-corrected chi connectivity index (χ0v) is 6.58. The first-order valence-electron chi connectivity index (χ1n) is 1.56. The molecule has 0 unspecified atom stereocenters. The molecule has 0 radical (unpaired) electrons. The first-order chi connectivity index (χ1) is 2.83. The fraction of sp³-hybridized carbons (Fsp3) is 1.00. The zero-order valence-electron chi connectivity index (χ0n) is 5.06. The van der Waals surface area contributed by atoms with E-state index < -0.39 is 0 Å². The lowest BCUT2D eigenvalue weighted by Crippen LogP contribution is -1.57. The zero-order chi connectivity index (χ0) is 5.41. The van der Waals surface area contributed by atoms with Crippen LogP contribution in [0.5, 0.6) is 0 Å². The summed E-state index contributed by atoms with van der Waals surface area (Å²) in [7, 11) is 0. The van der Waals surface area contributed by atoms with E-state index in [1.165, 1.54) is 0 Å². The van der Waals surface area contributed by atoms with Crippen molar-refractivity contribution >= 4 is 23.2 Å². The minimum absolute atomic E-state index is 0. The molecular weight excluding hydrogens is 153 g/mol. The maximum Gasteiger partial charge on any atom is 0.0967 e. The average molecular weight is 166 g/mol. The van der Waals surface area contributed by atoms with Crippen molar-refractivity contribution in [1.29, 1.82) is 0 Å². The van der Waals surface area contributed by atoms with Gasteiger partial charge in [-0.05, 0) is 6.92 Å². The maximum atomic E-state index is 7.57. The molecule has 0 aromatic heterocycles. The Bertz CT molecular complexity index is 17.2. The van der Waals surface area contributed by atoms with Crippen molar-refractivity contribution in [3.8, 4) is 0 Å². The summed E-state index contributed by atoms with van der Waals surface area (Å²) in [5.41, 5.74) is 0. The second kappa shape index (κ2) is 51.4. The van der Waals surface area contributed by atoms with E-state index in [9.17, 15) is 0 Å². The van der Waals surface area contributed by atoms with E-state index in [4.69, 9.17) is 28.3 Å². The van der Waals surface area contributed by atoms with E-state index in [2.05, 4.69) is 0 Å². The fourth-order valence-electron chi connectivity index (χ4n) is 0. The Labute approximate surface area is 59.5 Å². The molecule has 0 aliphatic heterocycles. The molecule has 3 nitrogen and oxygen atoms in total. The summed E-state index contributed by atoms with van der Waals surface area (Å²) >= 11 is 9.53. The van der Waals surface area contributed by atoms with Gasteiger partial charge in [-0.2, -0.15) is 0 Å². The van der Waals surface area contributed by atoms with E-state index in [0.717, 1.165) is 0 Å². The Morgan fingerprint density at radius 3 is 1.38 bits per heavy atom. The van der Waals surface area contributed by atoms with Crippen molar-refractivity contribution in [2.75, 3.05) is 11.9 Å². The third-order valence-electron chi connectivity index (χ3n) is 0. The molecule has 8 heavy (non-hydrogen) atoms. The number of aliphatic hydroxyl groups excluding tert-OH is 1. The SMILES string of the molecule is CCO.ClCCl.[NH4+].[OH-]. The van der Waals surface area contributed by atoms with Gasteiger partial charge in [-0.1, -0.05) is 0 Å². The Morgan fingerprint density at radius 2 is 1.38 bits per heavy atom. The summed E-state index contributed by atoms with van der Waals surface area (Å²) < 4.78 is 0. The number of quaternary nitrogens is 1. The molecule has 6 N–H and O–H groups in total. The summed E-state index contributed by atoms with van der Waals surface area (Å²) in [6.45, 7) is 1.93. The maximum absolute atomic E-state index is 7.57. The lowest BCUT2D eigenvalue weighted by atomic mass is 10.9. The second-order valence-electron chi connectivity index (χ2n) is 0.417. The highest BCUT2D eigenvalue weighted by atomic mass is 35.5. The van der Waals surface area contributed by atoms with Gasteiger partial charge in [-0.25, -0.2) is 0 Å². The molecule has 0 amide bonds. The summed E-state index contributed by atoms with van der Waals surface area (Å²) in [6.07, 6.45) is 0. The van der Waals surface area contributed by atoms with Crippen LogP contribution in [0.25, 0.3) is 0 Å². The van der Waals surface area contributed by atoms with Gasteiger partial charge >= 0.3 is 0 Å². The van der Waals surface area contributed by atoms with Gasteiger partial charge in [0.15, 0.2) is 0 Å². The molecule has 0 fully saturated rings. The van der Waals surface area contributed by atoms with Gasteiger partial charge in [0, 0.05) is 6.61 Å². The van der Waals surface area contributed by atoms with Crippen LogP contribution in [0.4, 0.5) is 0 Å². The number of aliphatic hydroxyl groups is 1. The lowest BCUT2D eigenvalue weighted by molar-refractivity contribution is 0.318. The van der Waals surface area contributed by atoms with Crippen molar-refractivity contribution in [1.82, 2.24) is 6.15 Å². The fourth-order valence-corrected chi connectivity index (χ4v) is 0. The second-order valence-corrected chi connectivity index (χ2v) is 1.23. The molecule has 0 bridgehead atoms. The van der Waals surface area contributed by atoms with Crippen LogP contribution >= 0.6 is 23.2 Å². The van der Waals surface area contributed by atoms with Crippen LogP contribution in [-0.2, 0) is 0 Å². The van der Waals surface area contributed by atoms with E-state index >= 15 is 0 Å². The molecule has 5 heteroatoms. The van der Waals surface area contributed by atoms with Crippen molar-refractivity contribution in [2.45, 2.75) is 6.92 Å². The van der Waals surface area contributed by atoms with Gasteiger partial charge in [-0.15, -0.1) is 23.2 Å². The van der Waals surface area contributed by atoms with Crippen molar-refractivity contribution < 1.29 is 10.6 Å². The predicted molar refractivity (Wildman–Crippen MR) is 37.3 cm³/mol. The van der Waals surface area contributed by atoms with Crippen LogP contribution in [0, 0.1) is 0 Å². The Balaban J connectivity index is -0.0000000160. The molecule has 0 aromatic rings. The van der Waals surface area contributed by atoms with Gasteiger partial charge in [-0.3, -0.25) is 0 Å². The lowest BCUT2D eigenvalue weighted by Gasteiger charge is -1.52. The summed E-state index contributed by atoms with van der Waals surface area (Å²) in [5.74, 6) is 0. The topological polar surface area (TPSA) is 86.7 Å². The monoisotopic (exact) mass is 165 g/mol. The van der Waals surface area contributed by atoms with Gasteiger partial charge in [0.1, 0.15) is 0 Å². The van der Waals surface area contributed by atoms with Crippen LogP contribution in [0.1, 0.15) is 6.92 Å². The summed E-state index contributed by atoms with van der Waals surface area (Å²) in [6, 6.07) is 0. The number of hydrogen-bond donors (Lipinski definition) is 2. The Kier molecular flexibility index (Phi) is 152. The molecular formula is C3H13Cl2NO2. The van der Waals surface area contributed by atoms with Crippen molar-refractivity contribution in [3.63, 3.8) is 0 Å². The van der Waals surface area contributed by atoms with E-state index in [-0.39, 0.29) is 23.6 Å². The van der Waals surface area contributed by atoms with Crippen LogP contribution in [0.2, 0.25) is 0 Å². The largest absolute Gasteiger partial charge is 0.870 e. The van der Waals surface area contributed by atoms with Gasteiger partial charge in [0.25, 0.3) is 0 Å². The smallest absolute Gasteiger partial charge is 0.0967 e. The number of rotatable bonds is 0. The molecule has 0 atom stereocenters. The van der Waals surface area contributed by atoms with E-state index in [1.54, 1.807) is 6.92 Å². The molecule has 0 aliphatic carbocycles. The minimum Gasteiger partial charge on any atom is -0.870 e. The molecule has 56 valence electrons. The van der Waals surface area contributed by atoms with E-state index in [1.807, 2.05) is 0 Å². The molecule has 0 saturated heterocycles. The van der Waals surface area contributed by atoms with Gasteiger partial charge in [0.2, 0.25) is 0 Å². The normalized spacial score (nSPS) is 4.50. The number of alkyl halides is 2. The van der Waals surface area contributed by atoms with Crippen LogP contribution < -0.4 is 6.15 Å². The third kappa shape index (κ3) is 910. The first-order valence-corrected chi connectivity index (χ1v) is 2.63. The molecule has 0 aromatic carbocycles. The van der Waals surface area contributed by atoms with Crippen LogP contribution in [0.3, 0.4) is 0 Å². The number of hydrogen-bond acceptors (Lipinski definition) is 2. The number of halogens is 2. The quantitative estimate of drug-likeness (QED) is 0.535. The van der Waals surface area contributed by atoms with E-state index in [0.29, 0.717) is 0 Å². The van der Waals surface area contributed by atoms with Crippen LogP contribution in [0.15, 0.2) is 0 Å². The van der Waals surface area contributed by atoms with Crippen molar-refractivity contribution in [3.05, 3.63) is 0 Å². The average Bonchev–Trinajstić information content (AvgIpc) is 1.39. The minimum atomic E-state index is 0. The van der Waals surface area contributed by atoms with Crippen LogP contribution in [-0.4, -0.2) is 22.5 Å². The summed E-state index contributed by atoms with van der Waals surface area (Å²) in [4.78, 5) is 0. The molecule has 0 heterocycles. The molecule has 0 spiro atoms.